The molecule has 0 spiro atoms. The maximum atomic E-state index is 13.0. The summed E-state index contributed by atoms with van der Waals surface area (Å²) in [6, 6.07) is 16.9. The summed E-state index contributed by atoms with van der Waals surface area (Å²) < 4.78 is 2.15. The van der Waals surface area contributed by atoms with Gasteiger partial charge in [-0.05, 0) is 30.5 Å². The van der Waals surface area contributed by atoms with E-state index < -0.39 is 11.3 Å². The molecule has 0 saturated heterocycles. The fraction of sp³-hybridized carbons (Fsp3) is 0.318. The molecule has 1 heterocycles. The van der Waals surface area contributed by atoms with E-state index in [-0.39, 0.29) is 5.91 Å². The summed E-state index contributed by atoms with van der Waals surface area (Å²) in [5.74, 6) is 0.0570. The van der Waals surface area contributed by atoms with Gasteiger partial charge in [0.2, 0.25) is 5.91 Å². The summed E-state index contributed by atoms with van der Waals surface area (Å²) >= 11 is 1.36. The second kappa shape index (κ2) is 9.60. The molecule has 2 N–H and O–H groups in total. The number of hydrogen-bond acceptors (Lipinski definition) is 4. The molecule has 3 amide bonds. The number of imidazole rings is 1. The Morgan fingerprint density at radius 3 is 2.45 bits per heavy atom. The van der Waals surface area contributed by atoms with Crippen LogP contribution in [0, 0.1) is 5.92 Å². The number of amides is 3. The van der Waals surface area contributed by atoms with Crippen LogP contribution < -0.4 is 10.6 Å². The lowest BCUT2D eigenvalue weighted by Crippen LogP contribution is -2.41. The minimum atomic E-state index is -0.596. The first-order chi connectivity index (χ1) is 14.0. The van der Waals surface area contributed by atoms with Gasteiger partial charge >= 0.3 is 6.03 Å². The molecule has 0 unspecified atom stereocenters. The Morgan fingerprint density at radius 2 is 1.76 bits per heavy atom. The molecule has 3 rings (SSSR count). The molecule has 6 nitrogen and oxygen atoms in total. The third-order valence-corrected chi connectivity index (χ3v) is 5.55. The third kappa shape index (κ3) is 5.17. The second-order valence-corrected chi connectivity index (χ2v) is 8.22. The van der Waals surface area contributed by atoms with Gasteiger partial charge < -0.3 is 9.88 Å². The molecule has 1 atom stereocenters. The summed E-state index contributed by atoms with van der Waals surface area (Å²) in [4.78, 5) is 29.6. The number of nitrogens with one attached hydrogen (secondary N) is 2. The van der Waals surface area contributed by atoms with E-state index in [1.165, 1.54) is 11.8 Å². The molecule has 2 aromatic carbocycles. The number of nitrogens with zero attached hydrogens (tertiary/aromatic N) is 2. The number of para-hydroxylation sites is 2. The molecule has 0 radical (unpaired) electrons. The van der Waals surface area contributed by atoms with Gasteiger partial charge in [0.05, 0.1) is 11.0 Å². The van der Waals surface area contributed by atoms with Crippen LogP contribution in [0.15, 0.2) is 59.8 Å². The highest BCUT2D eigenvalue weighted by Gasteiger charge is 2.26. The highest BCUT2D eigenvalue weighted by atomic mass is 32.2. The van der Waals surface area contributed by atoms with Gasteiger partial charge in [-0.1, -0.05) is 68.1 Å². The number of thioether (sulfide) groups is 1. The van der Waals surface area contributed by atoms with Gasteiger partial charge in [0.25, 0.3) is 0 Å². The standard InChI is InChI=1S/C22H26N4O2S/c1-4-23-21(28)25-20(27)19(16-10-6-5-7-11-16)29-22-24-17-12-8-9-13-18(17)26(22)14-15(2)3/h5-13,15,19H,4,14H2,1-3H3,(H2,23,25,27,28)/t19-/m0/s1. The maximum Gasteiger partial charge on any atom is 0.321 e. The molecule has 1 aromatic heterocycles. The van der Waals surface area contributed by atoms with Crippen LogP contribution in [-0.4, -0.2) is 28.0 Å². The molecule has 0 aliphatic carbocycles. The molecular weight excluding hydrogens is 384 g/mol. The van der Waals surface area contributed by atoms with E-state index in [0.29, 0.717) is 12.5 Å². The number of carbonyl (C=O) groups excluding carboxylic acids is 2. The van der Waals surface area contributed by atoms with Gasteiger partial charge in [0, 0.05) is 13.1 Å². The van der Waals surface area contributed by atoms with Crippen molar-refractivity contribution < 1.29 is 9.59 Å². The van der Waals surface area contributed by atoms with Crippen molar-refractivity contribution in [3.05, 3.63) is 60.2 Å². The average Bonchev–Trinajstić information content (AvgIpc) is 3.03. The number of urea groups is 1. The predicted octanol–water partition coefficient (Wildman–Crippen LogP) is 4.37. The van der Waals surface area contributed by atoms with Crippen LogP contribution in [0.2, 0.25) is 0 Å². The third-order valence-electron chi connectivity index (χ3n) is 4.31. The van der Waals surface area contributed by atoms with Gasteiger partial charge in [-0.15, -0.1) is 0 Å². The van der Waals surface area contributed by atoms with Crippen molar-refractivity contribution in [2.75, 3.05) is 6.54 Å². The Hall–Kier alpha value is -2.80. The van der Waals surface area contributed by atoms with E-state index in [1.807, 2.05) is 61.5 Å². The van der Waals surface area contributed by atoms with E-state index in [0.717, 1.165) is 28.3 Å². The van der Waals surface area contributed by atoms with Crippen molar-refractivity contribution >= 4 is 34.7 Å². The summed E-state index contributed by atoms with van der Waals surface area (Å²) in [5, 5.41) is 5.22. The Labute approximate surface area is 175 Å². The number of fused-ring (bicyclic) bond motifs is 1. The SMILES string of the molecule is CCNC(=O)NC(=O)[C@@H](Sc1nc2ccccc2n1CC(C)C)c1ccccc1. The Morgan fingerprint density at radius 1 is 1.07 bits per heavy atom. The average molecular weight is 411 g/mol. The molecule has 0 bridgehead atoms. The summed E-state index contributed by atoms with van der Waals surface area (Å²) in [7, 11) is 0. The number of imide groups is 1. The maximum absolute atomic E-state index is 13.0. The molecule has 3 aromatic rings. The lowest BCUT2D eigenvalue weighted by Gasteiger charge is -2.18. The summed E-state index contributed by atoms with van der Waals surface area (Å²) in [6.45, 7) is 7.36. The second-order valence-electron chi connectivity index (χ2n) is 7.14. The van der Waals surface area contributed by atoms with Crippen molar-refractivity contribution in [1.82, 2.24) is 20.2 Å². The van der Waals surface area contributed by atoms with Gasteiger partial charge in [-0.3, -0.25) is 10.1 Å². The monoisotopic (exact) mass is 410 g/mol. The van der Waals surface area contributed by atoms with Crippen LogP contribution in [0.3, 0.4) is 0 Å². The van der Waals surface area contributed by atoms with Crippen LogP contribution >= 0.6 is 11.8 Å². The number of rotatable bonds is 7. The van der Waals surface area contributed by atoms with Crippen LogP contribution in [-0.2, 0) is 11.3 Å². The topological polar surface area (TPSA) is 76.0 Å². The van der Waals surface area contributed by atoms with Crippen LogP contribution in [0.5, 0.6) is 0 Å². The van der Waals surface area contributed by atoms with Crippen LogP contribution in [0.4, 0.5) is 4.79 Å². The smallest absolute Gasteiger partial charge is 0.321 e. The number of aromatic nitrogens is 2. The lowest BCUT2D eigenvalue weighted by molar-refractivity contribution is -0.119. The molecular formula is C22H26N4O2S. The van der Waals surface area contributed by atoms with Gasteiger partial charge in [0.1, 0.15) is 5.25 Å². The minimum Gasteiger partial charge on any atom is -0.338 e. The van der Waals surface area contributed by atoms with Crippen molar-refractivity contribution in [2.45, 2.75) is 37.7 Å². The fourth-order valence-electron chi connectivity index (χ4n) is 3.07. The molecule has 29 heavy (non-hydrogen) atoms. The Kier molecular flexibility index (Phi) is 6.93. The zero-order valence-corrected chi connectivity index (χ0v) is 17.7. The van der Waals surface area contributed by atoms with Crippen molar-refractivity contribution in [3.63, 3.8) is 0 Å². The molecule has 152 valence electrons. The fourth-order valence-corrected chi connectivity index (χ4v) is 4.19. The normalized spacial score (nSPS) is 12.1. The number of benzene rings is 2. The van der Waals surface area contributed by atoms with Gasteiger partial charge in [-0.2, -0.15) is 0 Å². The van der Waals surface area contributed by atoms with Crippen LogP contribution in [0.25, 0.3) is 11.0 Å². The summed E-state index contributed by atoms with van der Waals surface area (Å²) in [6.07, 6.45) is 0. The zero-order valence-electron chi connectivity index (χ0n) is 16.9. The minimum absolute atomic E-state index is 0.365. The summed E-state index contributed by atoms with van der Waals surface area (Å²) in [5.41, 5.74) is 2.76. The Bertz CT molecular complexity index is 985. The van der Waals surface area contributed by atoms with E-state index >= 15 is 0 Å². The van der Waals surface area contributed by atoms with E-state index in [2.05, 4.69) is 29.0 Å². The Balaban J connectivity index is 1.97. The predicted molar refractivity (Wildman–Crippen MR) is 117 cm³/mol. The van der Waals surface area contributed by atoms with Crippen molar-refractivity contribution in [3.8, 4) is 0 Å². The van der Waals surface area contributed by atoms with E-state index in [9.17, 15) is 9.59 Å². The number of hydrogen-bond donors (Lipinski definition) is 2. The first-order valence-electron chi connectivity index (χ1n) is 9.75. The van der Waals surface area contributed by atoms with Crippen LogP contribution in [0.1, 0.15) is 31.6 Å². The van der Waals surface area contributed by atoms with Crippen molar-refractivity contribution in [2.24, 2.45) is 5.92 Å². The van der Waals surface area contributed by atoms with E-state index in [1.54, 1.807) is 0 Å². The zero-order chi connectivity index (χ0) is 20.8. The first-order valence-corrected chi connectivity index (χ1v) is 10.6. The van der Waals surface area contributed by atoms with Gasteiger partial charge in [0.15, 0.2) is 5.16 Å². The highest BCUT2D eigenvalue weighted by molar-refractivity contribution is 8.00. The number of carbonyl (C=O) groups is 2. The molecule has 0 aliphatic rings. The highest BCUT2D eigenvalue weighted by Crippen LogP contribution is 2.37. The van der Waals surface area contributed by atoms with Crippen molar-refractivity contribution in [1.29, 1.82) is 0 Å². The van der Waals surface area contributed by atoms with E-state index in [4.69, 9.17) is 4.98 Å². The first kappa shape index (κ1) is 20.9. The van der Waals surface area contributed by atoms with Gasteiger partial charge in [-0.25, -0.2) is 9.78 Å². The molecule has 0 fully saturated rings. The molecule has 0 aliphatic heterocycles. The molecule has 0 saturated carbocycles. The molecule has 7 heteroatoms. The quantitative estimate of drug-likeness (QED) is 0.567. The lowest BCUT2D eigenvalue weighted by atomic mass is 10.1. The largest absolute Gasteiger partial charge is 0.338 e.